The van der Waals surface area contributed by atoms with Gasteiger partial charge in [0.05, 0.1) is 0 Å². The minimum absolute atomic E-state index is 0.0410. The van der Waals surface area contributed by atoms with Gasteiger partial charge in [-0.25, -0.2) is 4.79 Å². The molecule has 3 N–H and O–H groups in total. The third-order valence-corrected chi connectivity index (χ3v) is 2.35. The maximum atomic E-state index is 10.7. The van der Waals surface area contributed by atoms with Gasteiger partial charge in [-0.2, -0.15) is 0 Å². The summed E-state index contributed by atoms with van der Waals surface area (Å²) in [5.41, 5.74) is 0.993. The highest BCUT2D eigenvalue weighted by Gasteiger charge is 2.21. The Hall–Kier alpha value is -1.55. The molecule has 0 bridgehead atoms. The zero-order chi connectivity index (χ0) is 13.2. The summed E-state index contributed by atoms with van der Waals surface area (Å²) in [7, 11) is 0. The number of carbonyl (C=O) groups is 1. The zero-order valence-corrected chi connectivity index (χ0v) is 10.3. The van der Waals surface area contributed by atoms with Gasteiger partial charge in [0.25, 0.3) is 0 Å². The van der Waals surface area contributed by atoms with E-state index in [0.717, 1.165) is 12.0 Å². The molecular formula is C13H18O4. The first-order chi connectivity index (χ1) is 7.70. The first kappa shape index (κ1) is 13.5. The van der Waals surface area contributed by atoms with Crippen molar-refractivity contribution in [2.24, 2.45) is 5.41 Å². The molecule has 1 aromatic rings. The predicted molar refractivity (Wildman–Crippen MR) is 63.9 cm³/mol. The number of phenolic OH excluding ortho intramolecular Hbond substituents is 1. The van der Waals surface area contributed by atoms with Crippen molar-refractivity contribution < 1.29 is 20.1 Å². The van der Waals surface area contributed by atoms with Crippen LogP contribution >= 0.6 is 0 Å². The van der Waals surface area contributed by atoms with Gasteiger partial charge in [0, 0.05) is 5.56 Å². The SMILES string of the molecule is CC(C)(C)Cc1ccc(O)c(C(O)C(=O)O)c1. The van der Waals surface area contributed by atoms with Gasteiger partial charge in [0.15, 0.2) is 6.10 Å². The minimum Gasteiger partial charge on any atom is -0.508 e. The highest BCUT2D eigenvalue weighted by Crippen LogP contribution is 2.28. The monoisotopic (exact) mass is 238 g/mol. The fraction of sp³-hybridized carbons (Fsp3) is 0.462. The number of phenols is 1. The summed E-state index contributed by atoms with van der Waals surface area (Å²) in [6, 6.07) is 4.70. The van der Waals surface area contributed by atoms with Crippen LogP contribution in [-0.2, 0) is 11.2 Å². The number of benzene rings is 1. The van der Waals surface area contributed by atoms with Gasteiger partial charge in [0.1, 0.15) is 5.75 Å². The lowest BCUT2D eigenvalue weighted by atomic mass is 9.87. The van der Waals surface area contributed by atoms with E-state index in [0.29, 0.717) is 0 Å². The summed E-state index contributed by atoms with van der Waals surface area (Å²) >= 11 is 0. The second kappa shape index (κ2) is 4.75. The van der Waals surface area contributed by atoms with Crippen LogP contribution in [0, 0.1) is 5.41 Å². The maximum absolute atomic E-state index is 10.7. The van der Waals surface area contributed by atoms with Crippen molar-refractivity contribution in [3.63, 3.8) is 0 Å². The van der Waals surface area contributed by atoms with Gasteiger partial charge >= 0.3 is 5.97 Å². The summed E-state index contributed by atoms with van der Waals surface area (Å²) in [6.07, 6.45) is -0.943. The van der Waals surface area contributed by atoms with Crippen molar-refractivity contribution in [1.29, 1.82) is 0 Å². The number of rotatable bonds is 3. The first-order valence-electron chi connectivity index (χ1n) is 5.43. The van der Waals surface area contributed by atoms with E-state index >= 15 is 0 Å². The number of carboxylic acids is 1. The van der Waals surface area contributed by atoms with Crippen molar-refractivity contribution in [3.05, 3.63) is 29.3 Å². The fourth-order valence-corrected chi connectivity index (χ4v) is 1.68. The van der Waals surface area contributed by atoms with E-state index in [1.807, 2.05) is 0 Å². The summed E-state index contributed by atoms with van der Waals surface area (Å²) in [4.78, 5) is 10.7. The number of hydrogen-bond acceptors (Lipinski definition) is 3. The Kier molecular flexibility index (Phi) is 3.78. The second-order valence-electron chi connectivity index (χ2n) is 5.37. The van der Waals surface area contributed by atoms with Crippen LogP contribution in [-0.4, -0.2) is 21.3 Å². The minimum atomic E-state index is -1.69. The van der Waals surface area contributed by atoms with Gasteiger partial charge in [-0.05, 0) is 29.5 Å². The molecule has 1 unspecified atom stereocenters. The average molecular weight is 238 g/mol. The van der Waals surface area contributed by atoms with Gasteiger partial charge < -0.3 is 15.3 Å². The van der Waals surface area contributed by atoms with Crippen LogP contribution in [0.25, 0.3) is 0 Å². The van der Waals surface area contributed by atoms with Crippen LogP contribution in [0.2, 0.25) is 0 Å². The molecular weight excluding hydrogens is 220 g/mol. The molecule has 94 valence electrons. The molecule has 1 atom stereocenters. The lowest BCUT2D eigenvalue weighted by molar-refractivity contribution is -0.147. The van der Waals surface area contributed by atoms with Crippen LogP contribution in [0.1, 0.15) is 38.0 Å². The normalized spacial score (nSPS) is 13.4. The molecule has 17 heavy (non-hydrogen) atoms. The number of aliphatic carboxylic acids is 1. The number of carboxylic acid groups (broad SMARTS) is 1. The predicted octanol–water partition coefficient (Wildman–Crippen LogP) is 2.10. The van der Waals surface area contributed by atoms with Crippen LogP contribution in [0.5, 0.6) is 5.75 Å². The Balaban J connectivity index is 3.06. The molecule has 4 nitrogen and oxygen atoms in total. The molecule has 1 aromatic carbocycles. The van der Waals surface area contributed by atoms with E-state index in [9.17, 15) is 15.0 Å². The van der Waals surface area contributed by atoms with E-state index < -0.39 is 12.1 Å². The highest BCUT2D eigenvalue weighted by atomic mass is 16.4. The van der Waals surface area contributed by atoms with E-state index in [-0.39, 0.29) is 16.7 Å². The van der Waals surface area contributed by atoms with Crippen LogP contribution in [0.15, 0.2) is 18.2 Å². The Morgan fingerprint density at radius 1 is 1.35 bits per heavy atom. The molecule has 0 aromatic heterocycles. The van der Waals surface area contributed by atoms with Crippen molar-refractivity contribution in [1.82, 2.24) is 0 Å². The standard InChI is InChI=1S/C13H18O4/c1-13(2,3)7-8-4-5-10(14)9(6-8)11(15)12(16)17/h4-6,11,14-15H,7H2,1-3H3,(H,16,17). The van der Waals surface area contributed by atoms with Crippen LogP contribution in [0.3, 0.4) is 0 Å². The van der Waals surface area contributed by atoms with Crippen LogP contribution < -0.4 is 0 Å². The zero-order valence-electron chi connectivity index (χ0n) is 10.3. The topological polar surface area (TPSA) is 77.8 Å². The molecule has 0 saturated heterocycles. The molecule has 0 radical (unpaired) electrons. The Labute approximate surface area is 101 Å². The van der Waals surface area contributed by atoms with E-state index in [4.69, 9.17) is 5.11 Å². The van der Waals surface area contributed by atoms with Crippen molar-refractivity contribution in [2.45, 2.75) is 33.3 Å². The quantitative estimate of drug-likeness (QED) is 0.753. The van der Waals surface area contributed by atoms with Crippen molar-refractivity contribution in [3.8, 4) is 5.75 Å². The molecule has 0 heterocycles. The van der Waals surface area contributed by atoms with Gasteiger partial charge in [-0.15, -0.1) is 0 Å². The first-order valence-corrected chi connectivity index (χ1v) is 5.43. The van der Waals surface area contributed by atoms with Gasteiger partial charge in [-0.3, -0.25) is 0 Å². The molecule has 4 heteroatoms. The largest absolute Gasteiger partial charge is 0.508 e. The summed E-state index contributed by atoms with van der Waals surface area (Å²) in [5.74, 6) is -1.56. The molecule has 0 amide bonds. The lowest BCUT2D eigenvalue weighted by Gasteiger charge is -2.19. The molecule has 0 aliphatic rings. The molecule has 0 saturated carbocycles. The number of aromatic hydroxyl groups is 1. The molecule has 0 aliphatic carbocycles. The smallest absolute Gasteiger partial charge is 0.337 e. The third-order valence-electron chi connectivity index (χ3n) is 2.35. The van der Waals surface area contributed by atoms with Crippen molar-refractivity contribution >= 4 is 5.97 Å². The van der Waals surface area contributed by atoms with Gasteiger partial charge in [0.2, 0.25) is 0 Å². The summed E-state index contributed by atoms with van der Waals surface area (Å²) in [6.45, 7) is 6.19. The Bertz CT molecular complexity index is 418. The van der Waals surface area contributed by atoms with Crippen LogP contribution in [0.4, 0.5) is 0 Å². The average Bonchev–Trinajstić information content (AvgIpc) is 2.17. The van der Waals surface area contributed by atoms with E-state index in [2.05, 4.69) is 20.8 Å². The summed E-state index contributed by atoms with van der Waals surface area (Å²) < 4.78 is 0. The van der Waals surface area contributed by atoms with E-state index in [1.54, 1.807) is 12.1 Å². The molecule has 0 spiro atoms. The molecule has 0 aliphatic heterocycles. The number of aliphatic hydroxyl groups is 1. The Morgan fingerprint density at radius 3 is 2.41 bits per heavy atom. The maximum Gasteiger partial charge on any atom is 0.337 e. The Morgan fingerprint density at radius 2 is 1.94 bits per heavy atom. The number of aliphatic hydroxyl groups excluding tert-OH is 1. The van der Waals surface area contributed by atoms with Gasteiger partial charge in [-0.1, -0.05) is 26.8 Å². The fourth-order valence-electron chi connectivity index (χ4n) is 1.68. The summed E-state index contributed by atoms with van der Waals surface area (Å²) in [5, 5.41) is 27.7. The van der Waals surface area contributed by atoms with Crippen molar-refractivity contribution in [2.75, 3.05) is 0 Å². The molecule has 0 fully saturated rings. The number of hydrogen-bond donors (Lipinski definition) is 3. The molecule has 1 rings (SSSR count). The second-order valence-corrected chi connectivity index (χ2v) is 5.37. The third kappa shape index (κ3) is 3.75. The lowest BCUT2D eigenvalue weighted by Crippen LogP contribution is -2.13. The van der Waals surface area contributed by atoms with E-state index in [1.165, 1.54) is 6.07 Å². The highest BCUT2D eigenvalue weighted by molar-refractivity contribution is 5.75.